The summed E-state index contributed by atoms with van der Waals surface area (Å²) in [6.07, 6.45) is 0. The van der Waals surface area contributed by atoms with E-state index in [0.717, 1.165) is 0 Å². The Morgan fingerprint density at radius 2 is 2.05 bits per heavy atom. The molecule has 106 valence electrons. The zero-order valence-electron chi connectivity index (χ0n) is 11.3. The van der Waals surface area contributed by atoms with Crippen LogP contribution in [-0.4, -0.2) is 33.3 Å². The summed E-state index contributed by atoms with van der Waals surface area (Å²) in [6.45, 7) is 3.38. The highest BCUT2D eigenvalue weighted by Gasteiger charge is 2.16. The molecule has 6 heteroatoms. The third-order valence-corrected chi connectivity index (χ3v) is 4.85. The fraction of sp³-hybridized carbons (Fsp3) is 0.462. The van der Waals surface area contributed by atoms with Gasteiger partial charge in [0.05, 0.1) is 18.1 Å². The maximum atomic E-state index is 11.8. The van der Waals surface area contributed by atoms with Gasteiger partial charge in [-0.05, 0) is 31.5 Å². The first-order valence-corrected chi connectivity index (χ1v) is 7.68. The Balaban J connectivity index is 2.75. The van der Waals surface area contributed by atoms with Gasteiger partial charge in [0.1, 0.15) is 6.54 Å². The Bertz CT molecular complexity index is 537. The van der Waals surface area contributed by atoms with Crippen LogP contribution in [0, 0.1) is 0 Å². The molecule has 1 rings (SSSR count). The van der Waals surface area contributed by atoms with E-state index < -0.39 is 15.1 Å². The minimum atomic E-state index is -3.12. The molecule has 0 saturated carbocycles. The Hall–Kier alpha value is -1.56. The molecule has 0 amide bonds. The van der Waals surface area contributed by atoms with E-state index in [1.54, 1.807) is 38.1 Å². The minimum Gasteiger partial charge on any atom is -0.468 e. The second-order valence-electron chi connectivity index (χ2n) is 4.49. The number of hydrogen-bond acceptors (Lipinski definition) is 5. The van der Waals surface area contributed by atoms with Gasteiger partial charge in [-0.1, -0.05) is 12.1 Å². The Morgan fingerprint density at radius 3 is 2.63 bits per heavy atom. The highest BCUT2D eigenvalue weighted by Crippen LogP contribution is 2.15. The molecule has 0 aliphatic rings. The van der Waals surface area contributed by atoms with Gasteiger partial charge in [0, 0.05) is 5.69 Å². The average molecular weight is 285 g/mol. The minimum absolute atomic E-state index is 0.00158. The Labute approximate surface area is 113 Å². The van der Waals surface area contributed by atoms with Crippen molar-refractivity contribution in [1.82, 2.24) is 0 Å². The van der Waals surface area contributed by atoms with E-state index in [-0.39, 0.29) is 18.3 Å². The topological polar surface area (TPSA) is 72.5 Å². The van der Waals surface area contributed by atoms with Crippen LogP contribution in [0.25, 0.3) is 0 Å². The van der Waals surface area contributed by atoms with Crippen molar-refractivity contribution >= 4 is 21.5 Å². The molecule has 0 unspecified atom stereocenters. The predicted molar refractivity (Wildman–Crippen MR) is 74.7 cm³/mol. The number of ether oxygens (including phenoxy) is 1. The summed E-state index contributed by atoms with van der Waals surface area (Å²) in [7, 11) is -1.81. The maximum Gasteiger partial charge on any atom is 0.325 e. The van der Waals surface area contributed by atoms with Crippen LogP contribution in [0.4, 0.5) is 5.69 Å². The van der Waals surface area contributed by atoms with Crippen molar-refractivity contribution < 1.29 is 17.9 Å². The summed E-state index contributed by atoms with van der Waals surface area (Å²) in [6, 6.07) is 7.01. The monoisotopic (exact) mass is 285 g/mol. The molecule has 0 heterocycles. The number of anilines is 1. The molecule has 1 N–H and O–H groups in total. The van der Waals surface area contributed by atoms with Crippen molar-refractivity contribution in [3.8, 4) is 0 Å². The number of methoxy groups -OCH3 is 1. The summed E-state index contributed by atoms with van der Waals surface area (Å²) in [5, 5.41) is 2.48. The first-order chi connectivity index (χ1) is 8.85. The normalized spacial score (nSPS) is 11.4. The molecule has 0 saturated heterocycles. The van der Waals surface area contributed by atoms with E-state index >= 15 is 0 Å². The van der Waals surface area contributed by atoms with E-state index in [1.165, 1.54) is 7.11 Å². The van der Waals surface area contributed by atoms with Gasteiger partial charge < -0.3 is 10.1 Å². The largest absolute Gasteiger partial charge is 0.468 e. The SMILES string of the molecule is COC(=O)CNc1cccc(CS(=O)(=O)C(C)C)c1. The quantitative estimate of drug-likeness (QED) is 0.804. The summed E-state index contributed by atoms with van der Waals surface area (Å²) in [4.78, 5) is 11.0. The van der Waals surface area contributed by atoms with Gasteiger partial charge in [-0.25, -0.2) is 8.42 Å². The smallest absolute Gasteiger partial charge is 0.325 e. The second-order valence-corrected chi connectivity index (χ2v) is 7.04. The van der Waals surface area contributed by atoms with Crippen LogP contribution in [-0.2, 0) is 25.1 Å². The molecule has 0 spiro atoms. The van der Waals surface area contributed by atoms with Gasteiger partial charge in [-0.3, -0.25) is 4.79 Å². The summed E-state index contributed by atoms with van der Waals surface area (Å²) in [5.74, 6) is -0.376. The summed E-state index contributed by atoms with van der Waals surface area (Å²) < 4.78 is 28.2. The van der Waals surface area contributed by atoms with E-state index in [4.69, 9.17) is 0 Å². The number of nitrogens with one attached hydrogen (secondary N) is 1. The molecule has 0 aromatic heterocycles. The fourth-order valence-electron chi connectivity index (χ4n) is 1.42. The maximum absolute atomic E-state index is 11.8. The average Bonchev–Trinajstić information content (AvgIpc) is 2.35. The van der Waals surface area contributed by atoms with Crippen molar-refractivity contribution in [3.63, 3.8) is 0 Å². The van der Waals surface area contributed by atoms with Gasteiger partial charge in [-0.2, -0.15) is 0 Å². The van der Waals surface area contributed by atoms with Crippen molar-refractivity contribution in [2.75, 3.05) is 19.0 Å². The third kappa shape index (κ3) is 4.90. The van der Waals surface area contributed by atoms with Crippen LogP contribution in [0.15, 0.2) is 24.3 Å². The molecular weight excluding hydrogens is 266 g/mol. The number of carbonyl (C=O) groups is 1. The standard InChI is InChI=1S/C13H19NO4S/c1-10(2)19(16,17)9-11-5-4-6-12(7-11)14-8-13(15)18-3/h4-7,10,14H,8-9H2,1-3H3. The molecular formula is C13H19NO4S. The second kappa shape index (κ2) is 6.56. The van der Waals surface area contributed by atoms with E-state index in [1.807, 2.05) is 0 Å². The highest BCUT2D eigenvalue weighted by molar-refractivity contribution is 7.91. The predicted octanol–water partition coefficient (Wildman–Crippen LogP) is 1.59. The van der Waals surface area contributed by atoms with Gasteiger partial charge >= 0.3 is 5.97 Å². The van der Waals surface area contributed by atoms with Crippen molar-refractivity contribution in [2.45, 2.75) is 24.9 Å². The zero-order chi connectivity index (χ0) is 14.5. The van der Waals surface area contributed by atoms with Crippen LogP contribution in [0.2, 0.25) is 0 Å². The van der Waals surface area contributed by atoms with Crippen LogP contribution in [0.1, 0.15) is 19.4 Å². The molecule has 0 fully saturated rings. The summed E-state index contributed by atoms with van der Waals surface area (Å²) in [5.41, 5.74) is 1.39. The van der Waals surface area contributed by atoms with E-state index in [9.17, 15) is 13.2 Å². The number of hydrogen-bond donors (Lipinski definition) is 1. The molecule has 0 atom stereocenters. The number of benzene rings is 1. The molecule has 19 heavy (non-hydrogen) atoms. The number of esters is 1. The fourth-order valence-corrected chi connectivity index (χ4v) is 2.39. The van der Waals surface area contributed by atoms with Crippen LogP contribution >= 0.6 is 0 Å². The lowest BCUT2D eigenvalue weighted by atomic mass is 10.2. The third-order valence-electron chi connectivity index (χ3n) is 2.68. The lowest BCUT2D eigenvalue weighted by Gasteiger charge is -2.10. The molecule has 0 radical (unpaired) electrons. The molecule has 0 bridgehead atoms. The van der Waals surface area contributed by atoms with E-state index in [2.05, 4.69) is 10.1 Å². The van der Waals surface area contributed by atoms with E-state index in [0.29, 0.717) is 11.3 Å². The van der Waals surface area contributed by atoms with Crippen molar-refractivity contribution in [1.29, 1.82) is 0 Å². The molecule has 1 aromatic rings. The molecule has 5 nitrogen and oxygen atoms in total. The highest BCUT2D eigenvalue weighted by atomic mass is 32.2. The lowest BCUT2D eigenvalue weighted by molar-refractivity contribution is -0.138. The van der Waals surface area contributed by atoms with Crippen LogP contribution in [0.3, 0.4) is 0 Å². The lowest BCUT2D eigenvalue weighted by Crippen LogP contribution is -2.17. The Morgan fingerprint density at radius 1 is 1.37 bits per heavy atom. The molecule has 0 aliphatic carbocycles. The van der Waals surface area contributed by atoms with Crippen LogP contribution in [0.5, 0.6) is 0 Å². The zero-order valence-corrected chi connectivity index (χ0v) is 12.2. The van der Waals surface area contributed by atoms with Crippen molar-refractivity contribution in [3.05, 3.63) is 29.8 Å². The first-order valence-electron chi connectivity index (χ1n) is 5.96. The number of rotatable bonds is 6. The number of carbonyl (C=O) groups excluding carboxylic acids is 1. The number of sulfone groups is 1. The van der Waals surface area contributed by atoms with Gasteiger partial charge in [0.25, 0.3) is 0 Å². The van der Waals surface area contributed by atoms with Crippen molar-refractivity contribution in [2.24, 2.45) is 0 Å². The molecule has 0 aliphatic heterocycles. The molecule has 1 aromatic carbocycles. The first kappa shape index (κ1) is 15.5. The van der Waals surface area contributed by atoms with Gasteiger partial charge in [0.15, 0.2) is 9.84 Å². The Kier molecular flexibility index (Phi) is 5.35. The van der Waals surface area contributed by atoms with Crippen LogP contribution < -0.4 is 5.32 Å². The van der Waals surface area contributed by atoms with Gasteiger partial charge in [-0.15, -0.1) is 0 Å². The van der Waals surface area contributed by atoms with Gasteiger partial charge in [0.2, 0.25) is 0 Å². The summed E-state index contributed by atoms with van der Waals surface area (Å²) >= 11 is 0.